The zero-order valence-electron chi connectivity index (χ0n) is 15.0. The van der Waals surface area contributed by atoms with E-state index in [1.165, 1.54) is 11.6 Å². The van der Waals surface area contributed by atoms with Crippen LogP contribution in [0.3, 0.4) is 0 Å². The molecule has 1 N–H and O–H groups in total. The number of hydrogen-bond donors (Lipinski definition) is 1. The van der Waals surface area contributed by atoms with Gasteiger partial charge in [0.2, 0.25) is 0 Å². The van der Waals surface area contributed by atoms with Crippen molar-refractivity contribution in [1.82, 2.24) is 14.1 Å². The maximum atomic E-state index is 12.6. The van der Waals surface area contributed by atoms with Gasteiger partial charge in [-0.15, -0.1) is 0 Å². The van der Waals surface area contributed by atoms with Gasteiger partial charge >= 0.3 is 5.69 Å². The van der Waals surface area contributed by atoms with Crippen molar-refractivity contribution >= 4 is 16.7 Å². The van der Waals surface area contributed by atoms with E-state index < -0.39 is 0 Å². The highest BCUT2D eigenvalue weighted by Gasteiger charge is 2.16. The smallest absolute Gasteiger partial charge is 0.332 e. The van der Waals surface area contributed by atoms with Crippen molar-refractivity contribution in [3.05, 3.63) is 32.6 Å². The number of anilines is 1. The van der Waals surface area contributed by atoms with Gasteiger partial charge in [0, 0.05) is 33.4 Å². The number of aryl methyl sites for hydroxylation is 2. The molecule has 2 aromatic rings. The van der Waals surface area contributed by atoms with Gasteiger partial charge < -0.3 is 10.1 Å². The van der Waals surface area contributed by atoms with Crippen LogP contribution in [0.2, 0.25) is 0 Å². The Morgan fingerprint density at radius 2 is 1.96 bits per heavy atom. The van der Waals surface area contributed by atoms with Gasteiger partial charge in [0.25, 0.3) is 5.56 Å². The van der Waals surface area contributed by atoms with E-state index in [2.05, 4.69) is 10.3 Å². The van der Waals surface area contributed by atoms with Crippen LogP contribution >= 0.6 is 0 Å². The summed E-state index contributed by atoms with van der Waals surface area (Å²) in [5.41, 5.74) is 1.44. The van der Waals surface area contributed by atoms with Crippen LogP contribution < -0.4 is 16.6 Å². The molecule has 2 rings (SSSR count). The Bertz CT molecular complexity index is 836. The van der Waals surface area contributed by atoms with E-state index >= 15 is 0 Å². The molecule has 0 fully saturated rings. The van der Waals surface area contributed by atoms with Gasteiger partial charge in [-0.2, -0.15) is 0 Å². The molecule has 0 aliphatic carbocycles. The Balaban J connectivity index is 2.43. The molecule has 0 saturated carbocycles. The molecule has 2 aromatic heterocycles. The van der Waals surface area contributed by atoms with Crippen LogP contribution in [-0.2, 0) is 25.3 Å². The minimum atomic E-state index is -0.375. The van der Waals surface area contributed by atoms with Crippen LogP contribution in [0.4, 0.5) is 5.69 Å². The Morgan fingerprint density at radius 1 is 1.25 bits per heavy atom. The highest BCUT2D eigenvalue weighted by molar-refractivity contribution is 5.90. The fourth-order valence-corrected chi connectivity index (χ4v) is 2.64. The lowest BCUT2D eigenvalue weighted by atomic mass is 10.1. The minimum absolute atomic E-state index is 0.208. The molecule has 7 nitrogen and oxygen atoms in total. The lowest BCUT2D eigenvalue weighted by molar-refractivity contribution is 0.0787. The Morgan fingerprint density at radius 3 is 2.58 bits per heavy atom. The van der Waals surface area contributed by atoms with Gasteiger partial charge in [0.05, 0.1) is 11.8 Å². The first kappa shape index (κ1) is 18.2. The molecular formula is C17H26N4O3. The average Bonchev–Trinajstić information content (AvgIpc) is 2.56. The largest absolute Gasteiger partial charge is 0.384 e. The normalized spacial score (nSPS) is 11.4. The monoisotopic (exact) mass is 334 g/mol. The van der Waals surface area contributed by atoms with Crippen LogP contribution in [-0.4, -0.2) is 33.4 Å². The first-order chi connectivity index (χ1) is 11.4. The summed E-state index contributed by atoms with van der Waals surface area (Å²) in [4.78, 5) is 29.0. The summed E-state index contributed by atoms with van der Waals surface area (Å²) in [6, 6.07) is 0. The van der Waals surface area contributed by atoms with Crippen molar-refractivity contribution < 1.29 is 4.74 Å². The van der Waals surface area contributed by atoms with Gasteiger partial charge in [-0.05, 0) is 32.3 Å². The summed E-state index contributed by atoms with van der Waals surface area (Å²) < 4.78 is 8.07. The summed E-state index contributed by atoms with van der Waals surface area (Å²) in [5, 5.41) is 3.81. The second-order valence-corrected chi connectivity index (χ2v) is 6.12. The fraction of sp³-hybridized carbons (Fsp3) is 0.588. The summed E-state index contributed by atoms with van der Waals surface area (Å²) in [7, 11) is 3.12. The van der Waals surface area contributed by atoms with Gasteiger partial charge in [0.1, 0.15) is 5.39 Å². The molecule has 0 amide bonds. The van der Waals surface area contributed by atoms with E-state index in [-0.39, 0.29) is 17.4 Å². The molecule has 0 unspecified atom stereocenters. The van der Waals surface area contributed by atoms with Crippen LogP contribution in [0, 0.1) is 0 Å². The van der Waals surface area contributed by atoms with E-state index in [0.29, 0.717) is 24.2 Å². The summed E-state index contributed by atoms with van der Waals surface area (Å²) in [6.45, 7) is 7.37. The number of ether oxygens (including phenoxy) is 1. The molecule has 2 heterocycles. The van der Waals surface area contributed by atoms with Gasteiger partial charge in [-0.25, -0.2) is 9.78 Å². The lowest BCUT2D eigenvalue weighted by Gasteiger charge is -2.16. The first-order valence-corrected chi connectivity index (χ1v) is 8.31. The molecule has 7 heteroatoms. The van der Waals surface area contributed by atoms with Crippen molar-refractivity contribution in [2.24, 2.45) is 14.1 Å². The van der Waals surface area contributed by atoms with E-state index in [0.717, 1.165) is 28.7 Å². The summed E-state index contributed by atoms with van der Waals surface area (Å²) in [5.74, 6) is 0. The Kier molecular flexibility index (Phi) is 5.77. The van der Waals surface area contributed by atoms with Gasteiger partial charge in [-0.3, -0.25) is 13.9 Å². The first-order valence-electron chi connectivity index (χ1n) is 8.31. The summed E-state index contributed by atoms with van der Waals surface area (Å²) in [6.07, 6.45) is 3.52. The van der Waals surface area contributed by atoms with Crippen LogP contribution in [0.5, 0.6) is 0 Å². The number of nitrogens with zero attached hydrogens (tertiary/aromatic N) is 3. The molecule has 0 aromatic carbocycles. The van der Waals surface area contributed by atoms with E-state index in [4.69, 9.17) is 4.74 Å². The van der Waals surface area contributed by atoms with Crippen molar-refractivity contribution in [2.75, 3.05) is 18.5 Å². The third-order valence-electron chi connectivity index (χ3n) is 4.00. The maximum Gasteiger partial charge on any atom is 0.332 e. The molecule has 0 radical (unpaired) electrons. The topological polar surface area (TPSA) is 78.2 Å². The lowest BCUT2D eigenvalue weighted by Crippen LogP contribution is -2.37. The number of hydrogen-bond acceptors (Lipinski definition) is 5. The Labute approximate surface area is 141 Å². The van der Waals surface area contributed by atoms with Crippen molar-refractivity contribution in [3.8, 4) is 0 Å². The molecular weight excluding hydrogens is 308 g/mol. The standard InChI is InChI=1S/C17H26N4O3/c1-6-12-10-19-15-13(16(22)21(5)17(23)20(15)4)14(12)18-8-7-9-24-11(2)3/h10-11H,6-9H2,1-5H3,(H,18,19). The third kappa shape index (κ3) is 3.51. The average molecular weight is 334 g/mol. The number of nitrogens with one attached hydrogen (secondary N) is 1. The summed E-state index contributed by atoms with van der Waals surface area (Å²) >= 11 is 0. The fourth-order valence-electron chi connectivity index (χ4n) is 2.64. The Hall–Kier alpha value is -2.15. The second kappa shape index (κ2) is 7.61. The minimum Gasteiger partial charge on any atom is -0.384 e. The van der Waals surface area contributed by atoms with E-state index in [1.807, 2.05) is 20.8 Å². The number of pyridine rings is 1. The SMILES string of the molecule is CCc1cnc2c(c1NCCCOC(C)C)c(=O)n(C)c(=O)n2C. The number of aromatic nitrogens is 3. The van der Waals surface area contributed by atoms with Crippen molar-refractivity contribution in [1.29, 1.82) is 0 Å². The molecule has 0 aliphatic heterocycles. The molecule has 0 spiro atoms. The van der Waals surface area contributed by atoms with Gasteiger partial charge in [0.15, 0.2) is 5.65 Å². The number of rotatable bonds is 7. The molecule has 0 bridgehead atoms. The van der Waals surface area contributed by atoms with E-state index in [9.17, 15) is 9.59 Å². The van der Waals surface area contributed by atoms with Crippen LogP contribution in [0.25, 0.3) is 11.0 Å². The predicted octanol–water partition coefficient (Wildman–Crippen LogP) is 1.42. The zero-order chi connectivity index (χ0) is 17.9. The van der Waals surface area contributed by atoms with Crippen molar-refractivity contribution in [3.63, 3.8) is 0 Å². The third-order valence-corrected chi connectivity index (χ3v) is 4.00. The second-order valence-electron chi connectivity index (χ2n) is 6.12. The number of fused-ring (bicyclic) bond motifs is 1. The molecule has 132 valence electrons. The highest BCUT2D eigenvalue weighted by Crippen LogP contribution is 2.22. The van der Waals surface area contributed by atoms with Crippen LogP contribution in [0.15, 0.2) is 15.8 Å². The molecule has 24 heavy (non-hydrogen) atoms. The zero-order valence-corrected chi connectivity index (χ0v) is 15.0. The quantitative estimate of drug-likeness (QED) is 0.775. The molecule has 0 aliphatic rings. The van der Waals surface area contributed by atoms with E-state index in [1.54, 1.807) is 13.2 Å². The predicted molar refractivity (Wildman–Crippen MR) is 95.8 cm³/mol. The van der Waals surface area contributed by atoms with Gasteiger partial charge in [-0.1, -0.05) is 6.92 Å². The highest BCUT2D eigenvalue weighted by atomic mass is 16.5. The van der Waals surface area contributed by atoms with Crippen LogP contribution in [0.1, 0.15) is 32.8 Å². The van der Waals surface area contributed by atoms with Crippen molar-refractivity contribution in [2.45, 2.75) is 39.7 Å². The molecule has 0 saturated heterocycles. The maximum absolute atomic E-state index is 12.6. The molecule has 0 atom stereocenters.